The Morgan fingerprint density at radius 1 is 0.862 bits per heavy atom. The van der Waals surface area contributed by atoms with E-state index in [0.29, 0.717) is 5.69 Å². The lowest BCUT2D eigenvalue weighted by Gasteiger charge is -2.33. The molecule has 0 saturated carbocycles. The Morgan fingerprint density at radius 3 is 2.38 bits per heavy atom. The third-order valence-electron chi connectivity index (χ3n) is 5.52. The van der Waals surface area contributed by atoms with Crippen LogP contribution in [0.2, 0.25) is 0 Å². The van der Waals surface area contributed by atoms with Gasteiger partial charge in [-0.2, -0.15) is 13.2 Å². The van der Waals surface area contributed by atoms with Crippen molar-refractivity contribution >= 4 is 23.1 Å². The Labute approximate surface area is 174 Å². The van der Waals surface area contributed by atoms with Crippen molar-refractivity contribution in [2.75, 3.05) is 44.2 Å². The molecule has 3 nitrogen and oxygen atoms in total. The van der Waals surface area contributed by atoms with Crippen molar-refractivity contribution in [2.24, 2.45) is 0 Å². The van der Waals surface area contributed by atoms with Gasteiger partial charge in [0, 0.05) is 42.5 Å². The van der Waals surface area contributed by atoms with Crippen LogP contribution in [0, 0.1) is 0 Å². The zero-order valence-corrected chi connectivity index (χ0v) is 17.2. The van der Waals surface area contributed by atoms with Gasteiger partial charge in [-0.15, -0.1) is 0 Å². The number of rotatable bonds is 6. The highest BCUT2D eigenvalue weighted by atomic mass is 32.2. The smallest absolute Gasteiger partial charge is 0.340 e. The summed E-state index contributed by atoms with van der Waals surface area (Å²) < 4.78 is 39.8. The van der Waals surface area contributed by atoms with Crippen molar-refractivity contribution in [1.82, 2.24) is 10.2 Å². The van der Waals surface area contributed by atoms with Crippen LogP contribution in [0.5, 0.6) is 0 Å². The van der Waals surface area contributed by atoms with E-state index >= 15 is 0 Å². The van der Waals surface area contributed by atoms with Gasteiger partial charge >= 0.3 is 6.18 Å². The molecule has 0 unspecified atom stereocenters. The number of unbranched alkanes of at least 4 members (excludes halogenated alkanes) is 2. The zero-order valence-electron chi connectivity index (χ0n) is 16.3. The average Bonchev–Trinajstić information content (AvgIpc) is 2.72. The lowest BCUT2D eigenvalue weighted by atomic mass is 10.1. The van der Waals surface area contributed by atoms with Crippen molar-refractivity contribution in [1.29, 1.82) is 0 Å². The highest BCUT2D eigenvalue weighted by Crippen LogP contribution is 2.49. The molecular formula is C22H26F3N3S. The van der Waals surface area contributed by atoms with E-state index in [9.17, 15) is 13.2 Å². The van der Waals surface area contributed by atoms with E-state index in [0.717, 1.165) is 74.0 Å². The Bertz CT molecular complexity index is 834. The molecule has 0 atom stereocenters. The molecule has 0 radical (unpaired) electrons. The summed E-state index contributed by atoms with van der Waals surface area (Å²) in [5.41, 5.74) is 1.09. The first-order valence-electron chi connectivity index (χ1n) is 10.2. The number of benzene rings is 2. The number of nitrogens with zero attached hydrogens (tertiary/aromatic N) is 2. The first kappa shape index (κ1) is 20.6. The summed E-state index contributed by atoms with van der Waals surface area (Å²) in [5, 5.41) is 3.36. The van der Waals surface area contributed by atoms with Gasteiger partial charge in [0.25, 0.3) is 0 Å². The van der Waals surface area contributed by atoms with E-state index in [2.05, 4.69) is 15.1 Å². The molecule has 4 rings (SSSR count). The van der Waals surface area contributed by atoms with Crippen LogP contribution in [0.3, 0.4) is 0 Å². The van der Waals surface area contributed by atoms with E-state index in [1.54, 1.807) is 17.8 Å². The van der Waals surface area contributed by atoms with Crippen LogP contribution in [-0.2, 0) is 6.18 Å². The summed E-state index contributed by atoms with van der Waals surface area (Å²) in [6.07, 6.45) is -1.17. The molecule has 2 heterocycles. The molecule has 2 aliphatic rings. The number of alkyl halides is 3. The third-order valence-corrected chi connectivity index (χ3v) is 6.65. The molecule has 1 fully saturated rings. The number of hydrogen-bond acceptors (Lipinski definition) is 4. The Hall–Kier alpha value is -1.70. The molecule has 2 aromatic carbocycles. The molecule has 0 amide bonds. The molecule has 2 aliphatic heterocycles. The van der Waals surface area contributed by atoms with Gasteiger partial charge in [-0.3, -0.25) is 0 Å². The largest absolute Gasteiger partial charge is 0.416 e. The average molecular weight is 422 g/mol. The van der Waals surface area contributed by atoms with Gasteiger partial charge in [-0.05, 0) is 49.7 Å². The Morgan fingerprint density at radius 2 is 1.59 bits per heavy atom. The third kappa shape index (κ3) is 4.90. The van der Waals surface area contributed by atoms with Crippen LogP contribution < -0.4 is 10.2 Å². The van der Waals surface area contributed by atoms with Crippen LogP contribution in [0.4, 0.5) is 24.5 Å². The molecule has 29 heavy (non-hydrogen) atoms. The molecule has 0 bridgehead atoms. The quantitative estimate of drug-likeness (QED) is 0.631. The van der Waals surface area contributed by atoms with Gasteiger partial charge in [0.1, 0.15) is 0 Å². The number of para-hydroxylation sites is 1. The number of anilines is 2. The minimum Gasteiger partial charge on any atom is -0.340 e. The van der Waals surface area contributed by atoms with Crippen molar-refractivity contribution in [2.45, 2.75) is 35.2 Å². The standard InChI is InChI=1S/C22H26F3N3S/c23-22(24,25)17-8-9-21-19(16-17)28(18-6-2-3-7-20(18)29-21)13-5-1-4-12-27-14-10-26-11-15-27/h2-3,6-9,16,26H,1,4-5,10-15H2. The summed E-state index contributed by atoms with van der Waals surface area (Å²) in [4.78, 5) is 6.54. The molecular weight excluding hydrogens is 395 g/mol. The lowest BCUT2D eigenvalue weighted by molar-refractivity contribution is -0.137. The summed E-state index contributed by atoms with van der Waals surface area (Å²) in [5.74, 6) is 0. The molecule has 2 aromatic rings. The van der Waals surface area contributed by atoms with Crippen LogP contribution in [0.25, 0.3) is 0 Å². The van der Waals surface area contributed by atoms with E-state index in [1.807, 2.05) is 24.3 Å². The number of piperazine rings is 1. The molecule has 0 aromatic heterocycles. The predicted octanol–water partition coefficient (Wildman–Crippen LogP) is 5.38. The number of fused-ring (bicyclic) bond motifs is 2. The van der Waals surface area contributed by atoms with Gasteiger partial charge in [-0.1, -0.05) is 30.3 Å². The second-order valence-electron chi connectivity index (χ2n) is 7.55. The highest BCUT2D eigenvalue weighted by molar-refractivity contribution is 7.99. The lowest BCUT2D eigenvalue weighted by Crippen LogP contribution is -2.43. The molecule has 0 aliphatic carbocycles. The van der Waals surface area contributed by atoms with Gasteiger partial charge in [-0.25, -0.2) is 0 Å². The maximum Gasteiger partial charge on any atom is 0.416 e. The van der Waals surface area contributed by atoms with Crippen molar-refractivity contribution in [3.05, 3.63) is 48.0 Å². The van der Waals surface area contributed by atoms with Gasteiger partial charge in [0.15, 0.2) is 0 Å². The fraction of sp³-hybridized carbons (Fsp3) is 0.455. The Balaban J connectivity index is 1.45. The van der Waals surface area contributed by atoms with Crippen LogP contribution in [0.1, 0.15) is 24.8 Å². The van der Waals surface area contributed by atoms with Crippen molar-refractivity contribution in [3.8, 4) is 0 Å². The molecule has 1 N–H and O–H groups in total. The highest BCUT2D eigenvalue weighted by Gasteiger charge is 2.33. The van der Waals surface area contributed by atoms with E-state index in [4.69, 9.17) is 0 Å². The number of halogens is 3. The van der Waals surface area contributed by atoms with Crippen LogP contribution >= 0.6 is 11.8 Å². The SMILES string of the molecule is FC(F)(F)c1ccc2c(c1)N(CCCCCN1CCNCC1)c1ccccc1S2. The molecule has 0 spiro atoms. The first-order valence-corrected chi connectivity index (χ1v) is 11.0. The summed E-state index contributed by atoms with van der Waals surface area (Å²) in [7, 11) is 0. The zero-order chi connectivity index (χ0) is 20.3. The number of hydrogen-bond donors (Lipinski definition) is 1. The maximum atomic E-state index is 13.3. The van der Waals surface area contributed by atoms with E-state index in [1.165, 1.54) is 12.1 Å². The fourth-order valence-corrected chi connectivity index (χ4v) is 5.04. The summed E-state index contributed by atoms with van der Waals surface area (Å²) in [6.45, 7) is 6.14. The predicted molar refractivity (Wildman–Crippen MR) is 112 cm³/mol. The minimum absolute atomic E-state index is 0.583. The molecule has 156 valence electrons. The summed E-state index contributed by atoms with van der Waals surface area (Å²) in [6, 6.07) is 12.1. The van der Waals surface area contributed by atoms with Gasteiger partial charge < -0.3 is 15.1 Å². The van der Waals surface area contributed by atoms with Crippen LogP contribution in [-0.4, -0.2) is 44.2 Å². The monoisotopic (exact) mass is 421 g/mol. The number of nitrogens with one attached hydrogen (secondary N) is 1. The minimum atomic E-state index is -4.33. The maximum absolute atomic E-state index is 13.3. The van der Waals surface area contributed by atoms with Crippen LogP contribution in [0.15, 0.2) is 52.3 Å². The topological polar surface area (TPSA) is 18.5 Å². The molecule has 1 saturated heterocycles. The summed E-state index contributed by atoms with van der Waals surface area (Å²) >= 11 is 1.55. The van der Waals surface area contributed by atoms with Gasteiger partial charge in [0.2, 0.25) is 0 Å². The normalized spacial score (nSPS) is 17.1. The van der Waals surface area contributed by atoms with Crippen molar-refractivity contribution in [3.63, 3.8) is 0 Å². The van der Waals surface area contributed by atoms with Gasteiger partial charge in [0.05, 0.1) is 16.9 Å². The fourth-order valence-electron chi connectivity index (χ4n) is 3.96. The van der Waals surface area contributed by atoms with Crippen molar-refractivity contribution < 1.29 is 13.2 Å². The van der Waals surface area contributed by atoms with E-state index in [-0.39, 0.29) is 0 Å². The molecule has 7 heteroatoms. The second-order valence-corrected chi connectivity index (χ2v) is 8.64. The van der Waals surface area contributed by atoms with E-state index < -0.39 is 11.7 Å². The second kappa shape index (κ2) is 8.98. The first-order chi connectivity index (χ1) is 14.0. The Kier molecular flexibility index (Phi) is 6.37.